The van der Waals surface area contributed by atoms with Gasteiger partial charge in [0.1, 0.15) is 4.90 Å². The van der Waals surface area contributed by atoms with E-state index in [1.807, 2.05) is 12.3 Å². The van der Waals surface area contributed by atoms with Crippen molar-refractivity contribution in [2.24, 2.45) is 0 Å². The second-order valence-electron chi connectivity index (χ2n) is 5.84. The predicted molar refractivity (Wildman–Crippen MR) is 83.1 cm³/mol. The fraction of sp³-hybridized carbons (Fsp3) is 0.714. The summed E-state index contributed by atoms with van der Waals surface area (Å²) in [7, 11) is -1.76. The number of thiophene rings is 1. The summed E-state index contributed by atoms with van der Waals surface area (Å²) in [5, 5.41) is 5.36. The Morgan fingerprint density at radius 3 is 2.81 bits per heavy atom. The van der Waals surface area contributed by atoms with Crippen LogP contribution in [-0.2, 0) is 21.3 Å². The lowest BCUT2D eigenvalue weighted by atomic mass is 10.3. The highest BCUT2D eigenvalue weighted by Crippen LogP contribution is 2.32. The van der Waals surface area contributed by atoms with Crippen molar-refractivity contribution < 1.29 is 13.2 Å². The monoisotopic (exact) mass is 330 g/mol. The van der Waals surface area contributed by atoms with Gasteiger partial charge in [-0.3, -0.25) is 0 Å². The molecular formula is C14H22N2O3S2. The van der Waals surface area contributed by atoms with E-state index in [-0.39, 0.29) is 6.10 Å². The molecule has 1 atom stereocenters. The van der Waals surface area contributed by atoms with Crippen LogP contribution in [0.25, 0.3) is 0 Å². The van der Waals surface area contributed by atoms with Crippen LogP contribution in [0, 0.1) is 6.92 Å². The maximum Gasteiger partial charge on any atom is 0.244 e. The van der Waals surface area contributed by atoms with E-state index in [4.69, 9.17) is 4.74 Å². The third-order valence-electron chi connectivity index (χ3n) is 4.16. The van der Waals surface area contributed by atoms with Gasteiger partial charge in [0.2, 0.25) is 10.0 Å². The SMILES string of the molecule is COC1CCN(S(=O)(=O)c2c(C)csc2CNC2CC2)C1. The Bertz CT molecular complexity index is 608. The number of hydrogen-bond acceptors (Lipinski definition) is 5. The molecule has 0 amide bonds. The van der Waals surface area contributed by atoms with Gasteiger partial charge in [-0.15, -0.1) is 11.3 Å². The molecule has 1 aliphatic heterocycles. The molecule has 0 spiro atoms. The number of nitrogens with zero attached hydrogens (tertiary/aromatic N) is 1. The van der Waals surface area contributed by atoms with Crippen molar-refractivity contribution in [2.75, 3.05) is 20.2 Å². The minimum absolute atomic E-state index is 0.0201. The van der Waals surface area contributed by atoms with Gasteiger partial charge >= 0.3 is 0 Å². The van der Waals surface area contributed by atoms with Crippen molar-refractivity contribution in [3.05, 3.63) is 15.8 Å². The lowest BCUT2D eigenvalue weighted by Crippen LogP contribution is -2.31. The summed E-state index contributed by atoms with van der Waals surface area (Å²) in [5.41, 5.74) is 0.855. The van der Waals surface area contributed by atoms with Gasteiger partial charge in [0.25, 0.3) is 0 Å². The number of aryl methyl sites for hydroxylation is 1. The van der Waals surface area contributed by atoms with Crippen molar-refractivity contribution in [1.82, 2.24) is 9.62 Å². The van der Waals surface area contributed by atoms with Crippen LogP contribution in [0.1, 0.15) is 29.7 Å². The maximum atomic E-state index is 12.9. The average molecular weight is 330 g/mol. The van der Waals surface area contributed by atoms with Crippen molar-refractivity contribution in [3.8, 4) is 0 Å². The zero-order chi connectivity index (χ0) is 15.0. The van der Waals surface area contributed by atoms with Crippen LogP contribution in [0.15, 0.2) is 10.3 Å². The van der Waals surface area contributed by atoms with Crippen molar-refractivity contribution in [2.45, 2.75) is 49.8 Å². The van der Waals surface area contributed by atoms with Crippen molar-refractivity contribution in [3.63, 3.8) is 0 Å². The van der Waals surface area contributed by atoms with Crippen LogP contribution in [-0.4, -0.2) is 45.1 Å². The molecule has 3 rings (SSSR count). The van der Waals surface area contributed by atoms with Crippen LogP contribution >= 0.6 is 11.3 Å². The van der Waals surface area contributed by atoms with Crippen LogP contribution in [0.2, 0.25) is 0 Å². The Kier molecular flexibility index (Phi) is 4.38. The molecule has 2 heterocycles. The Hall–Kier alpha value is -0.470. The summed E-state index contributed by atoms with van der Waals surface area (Å²) >= 11 is 1.54. The zero-order valence-corrected chi connectivity index (χ0v) is 14.1. The van der Waals surface area contributed by atoms with E-state index >= 15 is 0 Å². The third kappa shape index (κ3) is 3.17. The average Bonchev–Trinajstić information content (AvgIpc) is 3.00. The van der Waals surface area contributed by atoms with Gasteiger partial charge in [-0.2, -0.15) is 4.31 Å². The Morgan fingerprint density at radius 1 is 1.43 bits per heavy atom. The number of nitrogens with one attached hydrogen (secondary N) is 1. The first kappa shape index (κ1) is 15.4. The largest absolute Gasteiger partial charge is 0.380 e. The lowest BCUT2D eigenvalue weighted by Gasteiger charge is -2.17. The Morgan fingerprint density at radius 2 is 2.19 bits per heavy atom. The highest BCUT2D eigenvalue weighted by atomic mass is 32.2. The molecule has 118 valence electrons. The molecule has 5 nitrogen and oxygen atoms in total. The molecule has 1 saturated carbocycles. The molecule has 1 unspecified atom stereocenters. The maximum absolute atomic E-state index is 12.9. The van der Waals surface area contributed by atoms with Crippen LogP contribution in [0.5, 0.6) is 0 Å². The van der Waals surface area contributed by atoms with Gasteiger partial charge in [0.05, 0.1) is 6.10 Å². The topological polar surface area (TPSA) is 58.6 Å². The van der Waals surface area contributed by atoms with Gasteiger partial charge in [-0.1, -0.05) is 0 Å². The molecule has 1 aliphatic carbocycles. The normalized spacial score (nSPS) is 23.8. The predicted octanol–water partition coefficient (Wildman–Crippen LogP) is 1.72. The van der Waals surface area contributed by atoms with E-state index in [0.717, 1.165) is 16.9 Å². The van der Waals surface area contributed by atoms with E-state index in [1.165, 1.54) is 24.2 Å². The summed E-state index contributed by atoms with van der Waals surface area (Å²) in [6.07, 6.45) is 3.20. The fourth-order valence-electron chi connectivity index (χ4n) is 2.72. The van der Waals surface area contributed by atoms with Gasteiger partial charge in [-0.25, -0.2) is 8.42 Å². The Balaban J connectivity index is 1.82. The molecule has 2 aliphatic rings. The standard InChI is InChI=1S/C14H22N2O3S2/c1-10-9-20-13(7-15-11-3-4-11)14(10)21(17,18)16-6-5-12(8-16)19-2/h9,11-12,15H,3-8H2,1-2H3. The first-order valence-corrected chi connectivity index (χ1v) is 9.67. The Labute approximate surface area is 130 Å². The van der Waals surface area contributed by atoms with E-state index in [9.17, 15) is 8.42 Å². The first-order valence-electron chi connectivity index (χ1n) is 7.35. The van der Waals surface area contributed by atoms with Crippen LogP contribution in [0.3, 0.4) is 0 Å². The van der Waals surface area contributed by atoms with Gasteiger partial charge < -0.3 is 10.1 Å². The van der Waals surface area contributed by atoms with Crippen molar-refractivity contribution in [1.29, 1.82) is 0 Å². The van der Waals surface area contributed by atoms with E-state index in [1.54, 1.807) is 11.4 Å². The molecule has 21 heavy (non-hydrogen) atoms. The van der Waals surface area contributed by atoms with Gasteiger partial charge in [0.15, 0.2) is 0 Å². The number of rotatable bonds is 6. The highest BCUT2D eigenvalue weighted by molar-refractivity contribution is 7.89. The molecule has 1 aromatic heterocycles. The molecule has 7 heteroatoms. The van der Waals surface area contributed by atoms with Crippen LogP contribution < -0.4 is 5.32 Å². The van der Waals surface area contributed by atoms with E-state index in [2.05, 4.69) is 5.32 Å². The van der Waals surface area contributed by atoms with Crippen molar-refractivity contribution >= 4 is 21.4 Å². The molecule has 0 aromatic carbocycles. The molecule has 1 N–H and O–H groups in total. The summed E-state index contributed by atoms with van der Waals surface area (Å²) in [6.45, 7) is 3.54. The molecule has 0 radical (unpaired) electrons. The smallest absolute Gasteiger partial charge is 0.244 e. The van der Waals surface area contributed by atoms with Gasteiger partial charge in [0, 0.05) is 37.7 Å². The number of hydrogen-bond donors (Lipinski definition) is 1. The second-order valence-corrected chi connectivity index (χ2v) is 8.67. The summed E-state index contributed by atoms with van der Waals surface area (Å²) in [4.78, 5) is 1.44. The minimum atomic E-state index is -3.40. The number of sulfonamides is 1. The fourth-order valence-corrected chi connectivity index (χ4v) is 5.92. The lowest BCUT2D eigenvalue weighted by molar-refractivity contribution is 0.115. The van der Waals surface area contributed by atoms with E-state index < -0.39 is 10.0 Å². The molecule has 1 aromatic rings. The molecular weight excluding hydrogens is 308 g/mol. The zero-order valence-electron chi connectivity index (χ0n) is 12.5. The second kappa shape index (κ2) is 5.96. The first-order chi connectivity index (χ1) is 10.0. The number of ether oxygens (including phenoxy) is 1. The summed E-state index contributed by atoms with van der Waals surface area (Å²) in [6, 6.07) is 0.576. The van der Waals surface area contributed by atoms with Gasteiger partial charge in [-0.05, 0) is 37.1 Å². The molecule has 2 fully saturated rings. The summed E-state index contributed by atoms with van der Waals surface area (Å²) < 4.78 is 32.7. The number of methoxy groups -OCH3 is 1. The van der Waals surface area contributed by atoms with Crippen LogP contribution in [0.4, 0.5) is 0 Å². The highest BCUT2D eigenvalue weighted by Gasteiger charge is 2.35. The quantitative estimate of drug-likeness (QED) is 0.863. The summed E-state index contributed by atoms with van der Waals surface area (Å²) in [5.74, 6) is 0. The third-order valence-corrected chi connectivity index (χ3v) is 7.49. The minimum Gasteiger partial charge on any atom is -0.380 e. The molecule has 0 bridgehead atoms. The van der Waals surface area contributed by atoms with E-state index in [0.29, 0.717) is 30.6 Å². The molecule has 1 saturated heterocycles.